The minimum absolute atomic E-state index is 0.549. The van der Waals surface area contributed by atoms with Crippen LogP contribution in [-0.4, -0.2) is 24.1 Å². The molecule has 6 heteroatoms. The molecule has 1 aliphatic rings. The minimum atomic E-state index is 0.549. The molecular weight excluding hydrogens is 675 g/mol. The van der Waals surface area contributed by atoms with Crippen molar-refractivity contribution in [1.82, 2.24) is 24.1 Å². The summed E-state index contributed by atoms with van der Waals surface area (Å²) in [6, 6.07) is 58.0. The molecule has 0 aliphatic heterocycles. The molecule has 0 amide bonds. The summed E-state index contributed by atoms with van der Waals surface area (Å²) in [7, 11) is 0. The van der Waals surface area contributed by atoms with Crippen LogP contribution >= 0.6 is 0 Å². The van der Waals surface area contributed by atoms with Crippen molar-refractivity contribution in [1.29, 1.82) is 0 Å². The second kappa shape index (κ2) is 10.5. The zero-order valence-electron chi connectivity index (χ0n) is 29.2. The molecule has 8 aromatic carbocycles. The van der Waals surface area contributed by atoms with Gasteiger partial charge in [-0.15, -0.1) is 5.10 Å². The molecule has 4 aromatic heterocycles. The van der Waals surface area contributed by atoms with Gasteiger partial charge in [0.25, 0.3) is 5.78 Å². The standard InChI is InChI=1S/C49H27N5O/c1-2-14-33-32(13-1)35-17-8-10-28-22-24-41-46(44(28)35)45-36(33)18-9-20-40(45)53(41)31-12-7-11-30(26-31)48-51-49-50-47(37-16-3-5-19-39(37)54(49)52-48)29-23-25-43-38(27-29)34-15-4-6-21-42(34)55-43/h1-27H. The molecule has 55 heavy (non-hydrogen) atoms. The van der Waals surface area contributed by atoms with Crippen LogP contribution in [0.2, 0.25) is 0 Å². The van der Waals surface area contributed by atoms with E-state index in [1.54, 1.807) is 0 Å². The van der Waals surface area contributed by atoms with Crippen LogP contribution in [0.4, 0.5) is 0 Å². The summed E-state index contributed by atoms with van der Waals surface area (Å²) in [5.74, 6) is 1.17. The van der Waals surface area contributed by atoms with Crippen molar-refractivity contribution in [3.05, 3.63) is 164 Å². The van der Waals surface area contributed by atoms with E-state index >= 15 is 0 Å². The predicted molar refractivity (Wildman–Crippen MR) is 223 cm³/mol. The number of para-hydroxylation sites is 2. The topological polar surface area (TPSA) is 61.1 Å². The van der Waals surface area contributed by atoms with Crippen molar-refractivity contribution in [2.45, 2.75) is 0 Å². The van der Waals surface area contributed by atoms with E-state index in [-0.39, 0.29) is 0 Å². The average Bonchev–Trinajstić information content (AvgIpc) is 3.93. The average molecular weight is 702 g/mol. The third-order valence-corrected chi connectivity index (χ3v) is 11.5. The summed E-state index contributed by atoms with van der Waals surface area (Å²) in [5, 5.41) is 13.4. The van der Waals surface area contributed by atoms with Crippen LogP contribution in [-0.2, 0) is 0 Å². The Morgan fingerprint density at radius 2 is 1.15 bits per heavy atom. The normalized spacial score (nSPS) is 12.4. The Labute approximate surface area is 313 Å². The molecule has 0 spiro atoms. The lowest BCUT2D eigenvalue weighted by Gasteiger charge is -2.14. The van der Waals surface area contributed by atoms with Gasteiger partial charge in [-0.2, -0.15) is 9.50 Å². The third-order valence-electron chi connectivity index (χ3n) is 11.5. The summed E-state index contributed by atoms with van der Waals surface area (Å²) in [5.41, 5.74) is 13.9. The number of aromatic nitrogens is 5. The zero-order chi connectivity index (χ0) is 35.8. The van der Waals surface area contributed by atoms with E-state index in [9.17, 15) is 0 Å². The maximum Gasteiger partial charge on any atom is 0.253 e. The first-order valence-corrected chi connectivity index (χ1v) is 18.5. The number of hydrogen-bond donors (Lipinski definition) is 0. The van der Waals surface area contributed by atoms with E-state index in [1.807, 2.05) is 40.9 Å². The molecule has 4 heterocycles. The quantitative estimate of drug-likeness (QED) is 0.184. The van der Waals surface area contributed by atoms with Gasteiger partial charge < -0.3 is 8.98 Å². The van der Waals surface area contributed by atoms with E-state index in [4.69, 9.17) is 19.5 Å². The number of hydrogen-bond acceptors (Lipinski definition) is 4. The summed E-state index contributed by atoms with van der Waals surface area (Å²) < 4.78 is 10.4. The molecule has 0 N–H and O–H groups in total. The van der Waals surface area contributed by atoms with Gasteiger partial charge in [0.1, 0.15) is 11.2 Å². The van der Waals surface area contributed by atoms with Gasteiger partial charge in [-0.05, 0) is 87.6 Å². The highest BCUT2D eigenvalue weighted by Crippen LogP contribution is 2.49. The van der Waals surface area contributed by atoms with Gasteiger partial charge in [0.05, 0.1) is 22.2 Å². The summed E-state index contributed by atoms with van der Waals surface area (Å²) in [6.07, 6.45) is 0. The third kappa shape index (κ3) is 3.89. The smallest absolute Gasteiger partial charge is 0.253 e. The fraction of sp³-hybridized carbons (Fsp3) is 0. The van der Waals surface area contributed by atoms with Crippen molar-refractivity contribution in [2.24, 2.45) is 0 Å². The van der Waals surface area contributed by atoms with Crippen molar-refractivity contribution in [3.63, 3.8) is 0 Å². The Kier molecular flexibility index (Phi) is 5.54. The van der Waals surface area contributed by atoms with E-state index in [2.05, 4.69) is 132 Å². The molecule has 0 saturated heterocycles. The maximum atomic E-state index is 6.14. The lowest BCUT2D eigenvalue weighted by Crippen LogP contribution is -1.97. The molecule has 0 saturated carbocycles. The van der Waals surface area contributed by atoms with Crippen LogP contribution in [0.1, 0.15) is 0 Å². The largest absolute Gasteiger partial charge is 0.456 e. The van der Waals surface area contributed by atoms with Crippen molar-refractivity contribution in [3.8, 4) is 50.6 Å². The summed E-state index contributed by atoms with van der Waals surface area (Å²) in [6.45, 7) is 0. The van der Waals surface area contributed by atoms with Crippen LogP contribution in [0.5, 0.6) is 0 Å². The number of benzene rings is 8. The number of fused-ring (bicyclic) bond motifs is 9. The maximum absolute atomic E-state index is 6.14. The Balaban J connectivity index is 1.01. The highest BCUT2D eigenvalue weighted by molar-refractivity contribution is 6.30. The second-order valence-electron chi connectivity index (χ2n) is 14.4. The number of rotatable bonds is 3. The SMILES string of the molecule is c1cc(-c2nc3nc(-c4ccc5oc6ccccc6c5c4)c4ccccc4n3n2)cc(-n2c3cccc4c3c3c5c(cccc5ccc32)-c2ccccc2-4)c1. The van der Waals surface area contributed by atoms with Crippen molar-refractivity contribution >= 4 is 71.2 Å². The highest BCUT2D eigenvalue weighted by Gasteiger charge is 2.25. The lowest BCUT2D eigenvalue weighted by atomic mass is 9.93. The van der Waals surface area contributed by atoms with Gasteiger partial charge in [-0.1, -0.05) is 109 Å². The fourth-order valence-corrected chi connectivity index (χ4v) is 9.16. The molecule has 13 rings (SSSR count). The molecule has 6 nitrogen and oxygen atoms in total. The van der Waals surface area contributed by atoms with Crippen molar-refractivity contribution in [2.75, 3.05) is 0 Å². The molecule has 0 atom stereocenters. The summed E-state index contributed by atoms with van der Waals surface area (Å²) in [4.78, 5) is 10.3. The molecule has 12 aromatic rings. The van der Waals surface area contributed by atoms with Gasteiger partial charge in [0, 0.05) is 43.7 Å². The molecule has 0 fully saturated rings. The first-order valence-electron chi connectivity index (χ1n) is 18.5. The minimum Gasteiger partial charge on any atom is -0.456 e. The van der Waals surface area contributed by atoms with Gasteiger partial charge in [0.2, 0.25) is 0 Å². The Morgan fingerprint density at radius 1 is 0.436 bits per heavy atom. The number of nitrogens with zero attached hydrogens (tertiary/aromatic N) is 5. The Morgan fingerprint density at radius 3 is 2.05 bits per heavy atom. The Hall–Kier alpha value is -7.57. The molecule has 0 unspecified atom stereocenters. The van der Waals surface area contributed by atoms with E-state index in [0.717, 1.165) is 55.3 Å². The molecule has 0 radical (unpaired) electrons. The van der Waals surface area contributed by atoms with Gasteiger partial charge >= 0.3 is 0 Å². The van der Waals surface area contributed by atoms with Gasteiger partial charge in [-0.25, -0.2) is 4.98 Å². The highest BCUT2D eigenvalue weighted by atomic mass is 16.3. The first-order chi connectivity index (χ1) is 27.3. The number of furan rings is 1. The van der Waals surface area contributed by atoms with Crippen LogP contribution < -0.4 is 0 Å². The van der Waals surface area contributed by atoms with E-state index < -0.39 is 0 Å². The molecule has 1 aliphatic carbocycles. The second-order valence-corrected chi connectivity index (χ2v) is 14.4. The fourth-order valence-electron chi connectivity index (χ4n) is 9.16. The monoisotopic (exact) mass is 701 g/mol. The predicted octanol–water partition coefficient (Wildman–Crippen LogP) is 12.4. The van der Waals surface area contributed by atoms with E-state index in [1.165, 1.54) is 54.8 Å². The lowest BCUT2D eigenvalue weighted by molar-refractivity contribution is 0.669. The van der Waals surface area contributed by atoms with Crippen LogP contribution in [0.25, 0.3) is 122 Å². The van der Waals surface area contributed by atoms with Crippen LogP contribution in [0.3, 0.4) is 0 Å². The zero-order valence-corrected chi connectivity index (χ0v) is 29.2. The first kappa shape index (κ1) is 28.9. The summed E-state index contributed by atoms with van der Waals surface area (Å²) >= 11 is 0. The van der Waals surface area contributed by atoms with Crippen LogP contribution in [0.15, 0.2) is 168 Å². The van der Waals surface area contributed by atoms with Gasteiger partial charge in [-0.3, -0.25) is 0 Å². The van der Waals surface area contributed by atoms with Gasteiger partial charge in [0.15, 0.2) is 5.82 Å². The van der Waals surface area contributed by atoms with Crippen LogP contribution in [0, 0.1) is 0 Å². The van der Waals surface area contributed by atoms with E-state index in [0.29, 0.717) is 11.6 Å². The Bertz CT molecular complexity index is 3620. The molecule has 254 valence electrons. The molecule has 0 bridgehead atoms. The molecular formula is C49H27N5O. The van der Waals surface area contributed by atoms with Crippen molar-refractivity contribution < 1.29 is 4.42 Å².